The molecule has 0 spiro atoms. The van der Waals surface area contributed by atoms with Gasteiger partial charge in [-0.15, -0.1) is 5.06 Å². The van der Waals surface area contributed by atoms with Crippen LogP contribution in [-0.2, 0) is 24.2 Å². The van der Waals surface area contributed by atoms with Crippen molar-refractivity contribution in [2.24, 2.45) is 0 Å². The Bertz CT molecular complexity index is 1780. The maximum absolute atomic E-state index is 14.4. The number of fused-ring (bicyclic) bond motifs is 2. The van der Waals surface area contributed by atoms with E-state index in [0.717, 1.165) is 45.1 Å². The van der Waals surface area contributed by atoms with Crippen LogP contribution in [0.15, 0.2) is 69.6 Å². The molecule has 1 saturated heterocycles. The number of aryl methyl sites for hydroxylation is 1. The van der Waals surface area contributed by atoms with E-state index in [2.05, 4.69) is 47.4 Å². The third-order valence-electron chi connectivity index (χ3n) is 8.97. The summed E-state index contributed by atoms with van der Waals surface area (Å²) in [5.74, 6) is 0.298. The molecule has 0 aliphatic carbocycles. The molecule has 0 saturated carbocycles. The minimum Gasteiger partial charge on any atom is -0.351 e. The fraction of sp³-hybridized carbons (Fsp3) is 0.400. The van der Waals surface area contributed by atoms with Crippen molar-refractivity contribution < 1.29 is 18.8 Å². The first-order valence-electron chi connectivity index (χ1n) is 16.3. The van der Waals surface area contributed by atoms with E-state index in [9.17, 15) is 14.0 Å². The number of para-hydroxylation sites is 1. The van der Waals surface area contributed by atoms with Crippen molar-refractivity contribution in [3.63, 3.8) is 0 Å². The number of hydrogen-bond donors (Lipinski definition) is 2. The Morgan fingerprint density at radius 2 is 1.88 bits per heavy atom. The third-order valence-corrected chi connectivity index (χ3v) is 10.9. The minimum absolute atomic E-state index is 0.0493. The molecule has 4 aromatic rings. The summed E-state index contributed by atoms with van der Waals surface area (Å²) < 4.78 is 18.3. The SMILES string of the molecule is CN(C)CCCn1c(C(Cc2ccc(Br)c(Br)c2)NC(=O)ON2CCC(N3CCc4ccccc4NC3=O)CC2)nc2ccc(F)cc21. The normalized spacial score (nSPS) is 16.5. The molecule has 48 heavy (non-hydrogen) atoms. The Morgan fingerprint density at radius 1 is 1.08 bits per heavy atom. The van der Waals surface area contributed by atoms with Crippen molar-refractivity contribution in [3.05, 3.63) is 92.4 Å². The van der Waals surface area contributed by atoms with Crippen LogP contribution in [0.1, 0.15) is 42.3 Å². The predicted molar refractivity (Wildman–Crippen MR) is 191 cm³/mol. The van der Waals surface area contributed by atoms with Crippen molar-refractivity contribution >= 4 is 60.7 Å². The lowest BCUT2D eigenvalue weighted by molar-refractivity contribution is -0.120. The van der Waals surface area contributed by atoms with Gasteiger partial charge in [0.1, 0.15) is 11.6 Å². The van der Waals surface area contributed by atoms with Crippen molar-refractivity contribution in [1.29, 1.82) is 0 Å². The number of nitrogens with one attached hydrogen (secondary N) is 2. The zero-order valence-electron chi connectivity index (χ0n) is 27.1. The van der Waals surface area contributed by atoms with Crippen molar-refractivity contribution in [2.75, 3.05) is 45.6 Å². The lowest BCUT2D eigenvalue weighted by atomic mass is 10.0. The van der Waals surface area contributed by atoms with Crippen LogP contribution < -0.4 is 10.6 Å². The van der Waals surface area contributed by atoms with Crippen LogP contribution in [0, 0.1) is 5.82 Å². The molecular formula is C35H40Br2FN7O3. The topological polar surface area (TPSA) is 95.0 Å². The monoisotopic (exact) mass is 783 g/mol. The Morgan fingerprint density at radius 3 is 2.65 bits per heavy atom. The standard InChI is InChI=1S/C35H40Br2FN7O3/c1-42(2)15-5-16-45-32-22-25(38)9-11-30(32)39-33(45)31(21-23-8-10-27(36)28(37)20-23)41-35(47)48-43-17-13-26(14-18-43)44-19-12-24-6-3-4-7-29(24)40-34(44)46/h3-4,6-11,20,22,26,31H,5,12-19,21H2,1-2H3,(H,40,46)(H,41,47). The van der Waals surface area contributed by atoms with Gasteiger partial charge >= 0.3 is 12.1 Å². The molecule has 3 heterocycles. The predicted octanol–water partition coefficient (Wildman–Crippen LogP) is 7.13. The van der Waals surface area contributed by atoms with Crippen LogP contribution in [0.25, 0.3) is 11.0 Å². The van der Waals surface area contributed by atoms with Gasteiger partial charge in [0.05, 0.1) is 17.1 Å². The highest BCUT2D eigenvalue weighted by Crippen LogP contribution is 2.29. The molecule has 1 atom stereocenters. The fourth-order valence-electron chi connectivity index (χ4n) is 6.54. The summed E-state index contributed by atoms with van der Waals surface area (Å²) in [6.07, 6.45) is 2.82. The average molecular weight is 786 g/mol. The molecule has 0 radical (unpaired) electrons. The number of imidazole rings is 1. The Kier molecular flexibility index (Phi) is 11.0. The lowest BCUT2D eigenvalue weighted by Gasteiger charge is -2.37. The van der Waals surface area contributed by atoms with E-state index in [0.29, 0.717) is 62.3 Å². The van der Waals surface area contributed by atoms with E-state index in [1.54, 1.807) is 11.1 Å². The number of hydrogen-bond acceptors (Lipinski definition) is 6. The maximum Gasteiger partial charge on any atom is 0.426 e. The molecule has 10 nitrogen and oxygen atoms in total. The van der Waals surface area contributed by atoms with Gasteiger partial charge in [-0.1, -0.05) is 24.3 Å². The van der Waals surface area contributed by atoms with Gasteiger partial charge in [-0.2, -0.15) is 0 Å². The second-order valence-electron chi connectivity index (χ2n) is 12.6. The summed E-state index contributed by atoms with van der Waals surface area (Å²) in [6.45, 7) is 3.09. The van der Waals surface area contributed by atoms with Gasteiger partial charge in [0, 0.05) is 53.3 Å². The highest BCUT2D eigenvalue weighted by atomic mass is 79.9. The number of carbonyl (C=O) groups is 2. The minimum atomic E-state index is -0.587. The zero-order chi connectivity index (χ0) is 33.8. The molecule has 1 aromatic heterocycles. The Labute approximate surface area is 296 Å². The van der Waals surface area contributed by atoms with E-state index in [-0.39, 0.29) is 17.9 Å². The van der Waals surface area contributed by atoms with E-state index >= 15 is 0 Å². The zero-order valence-corrected chi connectivity index (χ0v) is 30.3. The number of amides is 3. The number of urea groups is 1. The highest BCUT2D eigenvalue weighted by molar-refractivity contribution is 9.13. The number of benzene rings is 3. The van der Waals surface area contributed by atoms with E-state index in [1.807, 2.05) is 66.0 Å². The molecule has 2 aliphatic rings. The molecule has 13 heteroatoms. The molecular weight excluding hydrogens is 745 g/mol. The molecule has 3 aromatic carbocycles. The summed E-state index contributed by atoms with van der Waals surface area (Å²) in [5.41, 5.74) is 4.32. The summed E-state index contributed by atoms with van der Waals surface area (Å²) in [6, 6.07) is 17.9. The molecule has 2 N–H and O–H groups in total. The molecule has 2 aliphatic heterocycles. The lowest BCUT2D eigenvalue weighted by Crippen LogP contribution is -2.49. The van der Waals surface area contributed by atoms with E-state index < -0.39 is 12.1 Å². The molecule has 1 fully saturated rings. The first kappa shape index (κ1) is 34.3. The number of piperidine rings is 1. The Balaban J connectivity index is 1.16. The van der Waals surface area contributed by atoms with E-state index in [4.69, 9.17) is 9.82 Å². The van der Waals surface area contributed by atoms with Crippen LogP contribution >= 0.6 is 31.9 Å². The average Bonchev–Trinajstić information content (AvgIpc) is 3.31. The van der Waals surface area contributed by atoms with Gasteiger partial charge in [0.15, 0.2) is 0 Å². The number of rotatable bonds is 10. The largest absolute Gasteiger partial charge is 0.426 e. The van der Waals surface area contributed by atoms with Crippen LogP contribution in [0.5, 0.6) is 0 Å². The molecule has 3 amide bonds. The van der Waals surface area contributed by atoms with Gasteiger partial charge in [-0.3, -0.25) is 0 Å². The number of hydroxylamine groups is 2. The third kappa shape index (κ3) is 8.19. The van der Waals surface area contributed by atoms with Gasteiger partial charge in [0.25, 0.3) is 0 Å². The fourth-order valence-corrected chi connectivity index (χ4v) is 7.21. The molecule has 254 valence electrons. The second kappa shape index (κ2) is 15.4. The number of anilines is 1. The van der Waals surface area contributed by atoms with Crippen molar-refractivity contribution in [1.82, 2.24) is 29.7 Å². The van der Waals surface area contributed by atoms with Crippen LogP contribution in [0.3, 0.4) is 0 Å². The van der Waals surface area contributed by atoms with Crippen LogP contribution in [0.2, 0.25) is 0 Å². The van der Waals surface area contributed by atoms with Gasteiger partial charge in [-0.05, 0) is 126 Å². The number of carbonyl (C=O) groups excluding carboxylic acids is 2. The van der Waals surface area contributed by atoms with Gasteiger partial charge < -0.3 is 29.8 Å². The van der Waals surface area contributed by atoms with Gasteiger partial charge in [0.2, 0.25) is 0 Å². The first-order valence-corrected chi connectivity index (χ1v) is 17.9. The smallest absolute Gasteiger partial charge is 0.351 e. The number of halogens is 3. The summed E-state index contributed by atoms with van der Waals surface area (Å²) in [4.78, 5) is 41.4. The molecule has 0 bridgehead atoms. The molecule has 1 unspecified atom stereocenters. The van der Waals surface area contributed by atoms with Crippen LogP contribution in [0.4, 0.5) is 19.7 Å². The summed E-state index contributed by atoms with van der Waals surface area (Å²) in [7, 11) is 4.03. The summed E-state index contributed by atoms with van der Waals surface area (Å²) in [5, 5.41) is 7.81. The second-order valence-corrected chi connectivity index (χ2v) is 14.3. The first-order chi connectivity index (χ1) is 23.1. The number of aromatic nitrogens is 2. The molecule has 6 rings (SSSR count). The number of nitrogens with zero attached hydrogens (tertiary/aromatic N) is 5. The highest BCUT2D eigenvalue weighted by Gasteiger charge is 2.32. The summed E-state index contributed by atoms with van der Waals surface area (Å²) >= 11 is 7.13. The van der Waals surface area contributed by atoms with Crippen molar-refractivity contribution in [3.8, 4) is 0 Å². The maximum atomic E-state index is 14.4. The van der Waals surface area contributed by atoms with Crippen molar-refractivity contribution in [2.45, 2.75) is 50.7 Å². The quantitative estimate of drug-likeness (QED) is 0.178. The van der Waals surface area contributed by atoms with Gasteiger partial charge in [-0.25, -0.2) is 19.0 Å². The Hall–Kier alpha value is -3.52. The van der Waals surface area contributed by atoms with E-state index in [1.165, 1.54) is 12.1 Å². The van der Waals surface area contributed by atoms with Crippen LogP contribution in [-0.4, -0.2) is 82.9 Å².